The molecular weight excluding hydrogens is 524 g/mol. The van der Waals surface area contributed by atoms with Crippen molar-refractivity contribution in [3.05, 3.63) is 88.5 Å². The van der Waals surface area contributed by atoms with Crippen LogP contribution in [-0.2, 0) is 0 Å². The summed E-state index contributed by atoms with van der Waals surface area (Å²) in [6.45, 7) is 15.8. The lowest BCUT2D eigenvalue weighted by Crippen LogP contribution is -2.25. The average Bonchev–Trinajstić information content (AvgIpc) is 3.04. The van der Waals surface area contributed by atoms with Gasteiger partial charge < -0.3 is 14.5 Å². The fraction of sp³-hybridized carbons (Fsp3) is 0.450. The summed E-state index contributed by atoms with van der Waals surface area (Å²) in [6.07, 6.45) is 18.6. The van der Waals surface area contributed by atoms with Gasteiger partial charge in [0.05, 0.1) is 7.11 Å². The van der Waals surface area contributed by atoms with Crippen LogP contribution in [0.3, 0.4) is 0 Å². The van der Waals surface area contributed by atoms with Crippen molar-refractivity contribution >= 4 is 35.7 Å². The molecule has 3 nitrogen and oxygen atoms in total. The fourth-order valence-corrected chi connectivity index (χ4v) is 5.31. The van der Waals surface area contributed by atoms with Crippen LogP contribution in [0, 0.1) is 6.92 Å². The van der Waals surface area contributed by atoms with Crippen molar-refractivity contribution in [1.82, 2.24) is 0 Å². The predicted octanol–water partition coefficient (Wildman–Crippen LogP) is 11.2. The molecule has 0 heterocycles. The molecule has 0 aliphatic rings. The molecule has 0 amide bonds. The summed E-state index contributed by atoms with van der Waals surface area (Å²) in [4.78, 5) is 5.06. The Morgan fingerprint density at radius 2 is 0.930 bits per heavy atom. The smallest absolute Gasteiger partial charge is 0.126 e. The molecule has 0 fully saturated rings. The van der Waals surface area contributed by atoms with Gasteiger partial charge in [0.1, 0.15) is 5.75 Å². The molecule has 0 saturated carbocycles. The average molecular weight is 581 g/mol. The number of anilines is 2. The molecule has 0 unspecified atom stereocenters. The van der Waals surface area contributed by atoms with E-state index in [1.807, 2.05) is 0 Å². The second kappa shape index (κ2) is 18.9. The zero-order valence-corrected chi connectivity index (χ0v) is 27.9. The highest BCUT2D eigenvalue weighted by Crippen LogP contribution is 2.28. The molecule has 0 saturated heterocycles. The van der Waals surface area contributed by atoms with Crippen molar-refractivity contribution in [3.63, 3.8) is 0 Å². The topological polar surface area (TPSA) is 15.7 Å². The summed E-state index contributed by atoms with van der Waals surface area (Å²) in [5, 5.41) is 0. The Kier molecular flexibility index (Phi) is 15.0. The standard InChI is InChI=1S/C40H56N2O/c1-7-11-27-41(28-12-8-2)38-23-17-34(18-24-38)15-21-36-32-40(43-6)37(31-33(36)5)22-16-35-19-25-39(26-20-35)42(29-13-9-3)30-14-10-4/h15-26,31-32H,7-14,27-30H2,1-6H3/b21-15+,22-16+. The number of hydrogen-bond donors (Lipinski definition) is 0. The molecule has 0 radical (unpaired) electrons. The molecule has 0 aliphatic carbocycles. The fourth-order valence-electron chi connectivity index (χ4n) is 5.31. The van der Waals surface area contributed by atoms with Crippen molar-refractivity contribution in [2.45, 2.75) is 86.0 Å². The van der Waals surface area contributed by atoms with Crippen molar-refractivity contribution in [2.75, 3.05) is 43.1 Å². The van der Waals surface area contributed by atoms with Crippen molar-refractivity contribution < 1.29 is 4.74 Å². The van der Waals surface area contributed by atoms with E-state index >= 15 is 0 Å². The summed E-state index contributed by atoms with van der Waals surface area (Å²) in [5.41, 5.74) is 8.56. The van der Waals surface area contributed by atoms with Gasteiger partial charge in [-0.2, -0.15) is 0 Å². The second-order valence-electron chi connectivity index (χ2n) is 11.7. The lowest BCUT2D eigenvalue weighted by atomic mass is 10.0. The summed E-state index contributed by atoms with van der Waals surface area (Å²) in [6, 6.07) is 22.4. The van der Waals surface area contributed by atoms with Crippen LogP contribution in [0.25, 0.3) is 24.3 Å². The first-order valence-electron chi connectivity index (χ1n) is 16.8. The van der Waals surface area contributed by atoms with Gasteiger partial charge in [-0.1, -0.05) is 102 Å². The highest BCUT2D eigenvalue weighted by atomic mass is 16.5. The number of hydrogen-bond acceptors (Lipinski definition) is 3. The minimum atomic E-state index is 0.890. The number of aryl methyl sites for hydroxylation is 1. The Bertz CT molecular complexity index is 1240. The van der Waals surface area contributed by atoms with E-state index in [-0.39, 0.29) is 0 Å². The second-order valence-corrected chi connectivity index (χ2v) is 11.7. The number of ether oxygens (including phenoxy) is 1. The Labute approximate surface area is 263 Å². The number of unbranched alkanes of at least 4 members (excludes halogenated alkanes) is 4. The normalized spacial score (nSPS) is 11.5. The minimum absolute atomic E-state index is 0.890. The summed E-state index contributed by atoms with van der Waals surface area (Å²) in [7, 11) is 1.76. The van der Waals surface area contributed by atoms with E-state index in [2.05, 4.69) is 129 Å². The number of methoxy groups -OCH3 is 1. The zero-order chi connectivity index (χ0) is 30.9. The molecule has 0 aliphatic heterocycles. The molecule has 232 valence electrons. The van der Waals surface area contributed by atoms with Crippen LogP contribution < -0.4 is 14.5 Å². The van der Waals surface area contributed by atoms with Gasteiger partial charge >= 0.3 is 0 Å². The van der Waals surface area contributed by atoms with Gasteiger partial charge in [-0.15, -0.1) is 0 Å². The van der Waals surface area contributed by atoms with Crippen molar-refractivity contribution in [3.8, 4) is 5.75 Å². The third-order valence-corrected chi connectivity index (χ3v) is 8.17. The summed E-state index contributed by atoms with van der Waals surface area (Å²) >= 11 is 0. The molecule has 0 aromatic heterocycles. The number of benzene rings is 3. The third-order valence-electron chi connectivity index (χ3n) is 8.17. The van der Waals surface area contributed by atoms with Gasteiger partial charge in [-0.05, 0) is 91.3 Å². The van der Waals surface area contributed by atoms with Gasteiger partial charge in [-0.25, -0.2) is 0 Å². The van der Waals surface area contributed by atoms with Gasteiger partial charge in [0.25, 0.3) is 0 Å². The molecule has 3 aromatic rings. The van der Waals surface area contributed by atoms with Gasteiger partial charge in [0.15, 0.2) is 0 Å². The van der Waals surface area contributed by atoms with E-state index in [9.17, 15) is 0 Å². The Balaban J connectivity index is 1.71. The van der Waals surface area contributed by atoms with Gasteiger partial charge in [0.2, 0.25) is 0 Å². The van der Waals surface area contributed by atoms with Crippen LogP contribution in [0.1, 0.15) is 107 Å². The Morgan fingerprint density at radius 3 is 1.30 bits per heavy atom. The zero-order valence-electron chi connectivity index (χ0n) is 27.9. The molecule has 43 heavy (non-hydrogen) atoms. The lowest BCUT2D eigenvalue weighted by molar-refractivity contribution is 0.413. The molecule has 3 aromatic carbocycles. The molecule has 0 bridgehead atoms. The summed E-state index contributed by atoms with van der Waals surface area (Å²) < 4.78 is 5.82. The van der Waals surface area contributed by atoms with Crippen LogP contribution >= 0.6 is 0 Å². The first kappa shape index (κ1) is 34.0. The number of nitrogens with zero attached hydrogens (tertiary/aromatic N) is 2. The molecule has 0 atom stereocenters. The van der Waals surface area contributed by atoms with Crippen molar-refractivity contribution in [2.24, 2.45) is 0 Å². The van der Waals surface area contributed by atoms with Crippen LogP contribution in [0.5, 0.6) is 5.75 Å². The predicted molar refractivity (Wildman–Crippen MR) is 193 cm³/mol. The maximum absolute atomic E-state index is 5.82. The van der Waals surface area contributed by atoms with Gasteiger partial charge in [0, 0.05) is 43.1 Å². The molecular formula is C40H56N2O. The first-order chi connectivity index (χ1) is 21.0. The monoisotopic (exact) mass is 580 g/mol. The highest BCUT2D eigenvalue weighted by Gasteiger charge is 2.08. The van der Waals surface area contributed by atoms with E-state index in [4.69, 9.17) is 4.74 Å². The van der Waals surface area contributed by atoms with Gasteiger partial charge in [-0.3, -0.25) is 0 Å². The maximum Gasteiger partial charge on any atom is 0.126 e. The number of rotatable bonds is 19. The third kappa shape index (κ3) is 11.0. The molecule has 3 heteroatoms. The van der Waals surface area contributed by atoms with E-state index in [1.165, 1.54) is 85.0 Å². The molecule has 0 spiro atoms. The Morgan fingerprint density at radius 1 is 0.535 bits per heavy atom. The van der Waals surface area contributed by atoms with Crippen LogP contribution in [0.4, 0.5) is 11.4 Å². The van der Waals surface area contributed by atoms with Crippen LogP contribution in [0.15, 0.2) is 60.7 Å². The quantitative estimate of drug-likeness (QED) is 0.131. The molecule has 0 N–H and O–H groups in total. The minimum Gasteiger partial charge on any atom is -0.496 e. The first-order valence-corrected chi connectivity index (χ1v) is 16.8. The van der Waals surface area contributed by atoms with E-state index in [0.29, 0.717) is 0 Å². The molecule has 3 rings (SSSR count). The van der Waals surface area contributed by atoms with Crippen molar-refractivity contribution in [1.29, 1.82) is 0 Å². The SMILES string of the molecule is CCCCN(CCCC)c1ccc(/C=C/c2cc(OC)c(/C=C/c3ccc(N(CCCC)CCCC)cc3)cc2C)cc1. The van der Waals surface area contributed by atoms with Crippen LogP contribution in [-0.4, -0.2) is 33.3 Å². The Hall–Kier alpha value is -3.46. The van der Waals surface area contributed by atoms with Crippen LogP contribution in [0.2, 0.25) is 0 Å². The summed E-state index contributed by atoms with van der Waals surface area (Å²) in [5.74, 6) is 0.890. The lowest BCUT2D eigenvalue weighted by Gasteiger charge is -2.24. The van der Waals surface area contributed by atoms with E-state index in [0.717, 1.165) is 37.5 Å². The maximum atomic E-state index is 5.82. The van der Waals surface area contributed by atoms with E-state index < -0.39 is 0 Å². The largest absolute Gasteiger partial charge is 0.496 e. The highest BCUT2D eigenvalue weighted by molar-refractivity contribution is 5.78. The van der Waals surface area contributed by atoms with E-state index in [1.54, 1.807) is 7.11 Å².